The summed E-state index contributed by atoms with van der Waals surface area (Å²) >= 11 is 5.50. The van der Waals surface area contributed by atoms with Crippen LogP contribution in [0.4, 0.5) is 4.79 Å². The fourth-order valence-corrected chi connectivity index (χ4v) is 1.18. The van der Waals surface area contributed by atoms with Crippen LogP contribution in [0.3, 0.4) is 0 Å². The maximum absolute atomic E-state index is 10.7. The molecule has 58 valence electrons. The fourth-order valence-electron chi connectivity index (χ4n) is 0.933. The van der Waals surface area contributed by atoms with Crippen molar-refractivity contribution in [3.8, 4) is 0 Å². The minimum Gasteiger partial charge on any atom is -0.447 e. The SMILES string of the molecule is CN1C(=O)OCC1CCCl. The van der Waals surface area contributed by atoms with Gasteiger partial charge >= 0.3 is 6.09 Å². The number of likely N-dealkylation sites (N-methyl/N-ethyl adjacent to an activating group) is 1. The molecular weight excluding hydrogens is 154 g/mol. The molecule has 1 heterocycles. The fraction of sp³-hybridized carbons (Fsp3) is 0.833. The Morgan fingerprint density at radius 3 is 3.00 bits per heavy atom. The monoisotopic (exact) mass is 163 g/mol. The number of nitrogens with zero attached hydrogens (tertiary/aromatic N) is 1. The normalized spacial score (nSPS) is 25.2. The van der Waals surface area contributed by atoms with Gasteiger partial charge in [-0.3, -0.25) is 0 Å². The highest BCUT2D eigenvalue weighted by Gasteiger charge is 2.28. The van der Waals surface area contributed by atoms with E-state index in [9.17, 15) is 4.79 Å². The van der Waals surface area contributed by atoms with Gasteiger partial charge in [0.2, 0.25) is 0 Å². The van der Waals surface area contributed by atoms with E-state index in [1.165, 1.54) is 0 Å². The molecule has 1 saturated heterocycles. The molecule has 0 saturated carbocycles. The second-order valence-corrected chi connectivity index (χ2v) is 2.70. The van der Waals surface area contributed by atoms with Gasteiger partial charge < -0.3 is 9.64 Å². The van der Waals surface area contributed by atoms with Gasteiger partial charge in [-0.2, -0.15) is 0 Å². The molecule has 0 bridgehead atoms. The van der Waals surface area contributed by atoms with E-state index in [0.29, 0.717) is 12.5 Å². The highest BCUT2D eigenvalue weighted by Crippen LogP contribution is 2.12. The first kappa shape index (κ1) is 7.66. The van der Waals surface area contributed by atoms with Gasteiger partial charge in [0.05, 0.1) is 6.04 Å². The number of alkyl halides is 1. The Bertz CT molecular complexity index is 140. The van der Waals surface area contributed by atoms with Gasteiger partial charge in [0.15, 0.2) is 0 Å². The summed E-state index contributed by atoms with van der Waals surface area (Å²) < 4.78 is 4.76. The van der Waals surface area contributed by atoms with Crippen LogP contribution in [0.5, 0.6) is 0 Å². The molecule has 1 atom stereocenters. The van der Waals surface area contributed by atoms with E-state index in [4.69, 9.17) is 16.3 Å². The summed E-state index contributed by atoms with van der Waals surface area (Å²) in [5.41, 5.74) is 0. The van der Waals surface area contributed by atoms with Crippen LogP contribution in [-0.2, 0) is 4.74 Å². The molecule has 0 N–H and O–H groups in total. The Morgan fingerprint density at radius 1 is 1.90 bits per heavy atom. The van der Waals surface area contributed by atoms with Crippen molar-refractivity contribution in [2.45, 2.75) is 12.5 Å². The van der Waals surface area contributed by atoms with Gasteiger partial charge in [-0.1, -0.05) is 0 Å². The van der Waals surface area contributed by atoms with Gasteiger partial charge in [0.1, 0.15) is 6.61 Å². The van der Waals surface area contributed by atoms with E-state index >= 15 is 0 Å². The van der Waals surface area contributed by atoms with Crippen LogP contribution in [0.1, 0.15) is 6.42 Å². The molecule has 1 unspecified atom stereocenters. The molecule has 10 heavy (non-hydrogen) atoms. The predicted octanol–water partition coefficient (Wildman–Crippen LogP) is 1.07. The van der Waals surface area contributed by atoms with Crippen molar-refractivity contribution in [3.63, 3.8) is 0 Å². The zero-order valence-corrected chi connectivity index (χ0v) is 6.60. The first-order valence-corrected chi connectivity index (χ1v) is 3.74. The number of rotatable bonds is 2. The minimum absolute atomic E-state index is 0.185. The predicted molar refractivity (Wildman–Crippen MR) is 38.2 cm³/mol. The van der Waals surface area contributed by atoms with E-state index in [-0.39, 0.29) is 12.1 Å². The first-order chi connectivity index (χ1) is 4.75. The molecule has 4 heteroatoms. The number of hydrogen-bond donors (Lipinski definition) is 0. The number of cyclic esters (lactones) is 1. The molecule has 1 aliphatic heterocycles. The summed E-state index contributed by atoms with van der Waals surface area (Å²) in [5.74, 6) is 0.575. The Kier molecular flexibility index (Phi) is 2.38. The second-order valence-electron chi connectivity index (χ2n) is 2.32. The van der Waals surface area contributed by atoms with Crippen LogP contribution in [-0.4, -0.2) is 36.6 Å². The number of amides is 1. The largest absolute Gasteiger partial charge is 0.447 e. The average molecular weight is 164 g/mol. The third kappa shape index (κ3) is 1.34. The van der Waals surface area contributed by atoms with Crippen molar-refractivity contribution in [3.05, 3.63) is 0 Å². The second kappa shape index (κ2) is 3.10. The van der Waals surface area contributed by atoms with E-state index in [1.54, 1.807) is 11.9 Å². The van der Waals surface area contributed by atoms with Crippen molar-refractivity contribution in [2.75, 3.05) is 19.5 Å². The van der Waals surface area contributed by atoms with Crippen LogP contribution in [0, 0.1) is 0 Å². The number of ether oxygens (including phenoxy) is 1. The first-order valence-electron chi connectivity index (χ1n) is 3.21. The van der Waals surface area contributed by atoms with Crippen LogP contribution < -0.4 is 0 Å². The standard InChI is InChI=1S/C6H10ClNO2/c1-8-5(2-3-7)4-10-6(8)9/h5H,2-4H2,1H3. The lowest BCUT2D eigenvalue weighted by Gasteiger charge is -2.13. The quantitative estimate of drug-likeness (QED) is 0.570. The summed E-state index contributed by atoms with van der Waals surface area (Å²) in [6.45, 7) is 0.488. The molecule has 0 aliphatic carbocycles. The molecule has 0 aromatic heterocycles. The third-order valence-corrected chi connectivity index (χ3v) is 1.90. The molecule has 0 aromatic carbocycles. The molecule has 1 fully saturated rings. The van der Waals surface area contributed by atoms with Gasteiger partial charge in [0, 0.05) is 12.9 Å². The maximum atomic E-state index is 10.7. The molecule has 3 nitrogen and oxygen atoms in total. The Hall–Kier alpha value is -0.440. The average Bonchev–Trinajstić information content (AvgIpc) is 2.20. The Balaban J connectivity index is 2.41. The molecule has 0 spiro atoms. The lowest BCUT2D eigenvalue weighted by Crippen LogP contribution is -2.29. The van der Waals surface area contributed by atoms with Crippen molar-refractivity contribution in [1.29, 1.82) is 0 Å². The number of carbonyl (C=O) groups excluding carboxylic acids is 1. The lowest BCUT2D eigenvalue weighted by atomic mass is 10.2. The van der Waals surface area contributed by atoms with Crippen molar-refractivity contribution < 1.29 is 9.53 Å². The Morgan fingerprint density at radius 2 is 2.60 bits per heavy atom. The summed E-state index contributed by atoms with van der Waals surface area (Å²) in [5, 5.41) is 0. The molecular formula is C6H10ClNO2. The van der Waals surface area contributed by atoms with Crippen molar-refractivity contribution in [1.82, 2.24) is 4.90 Å². The van der Waals surface area contributed by atoms with Crippen LogP contribution >= 0.6 is 11.6 Å². The third-order valence-electron chi connectivity index (χ3n) is 1.68. The van der Waals surface area contributed by atoms with Gasteiger partial charge in [-0.05, 0) is 6.42 Å². The van der Waals surface area contributed by atoms with E-state index in [1.807, 2.05) is 0 Å². The maximum Gasteiger partial charge on any atom is 0.409 e. The van der Waals surface area contributed by atoms with Crippen molar-refractivity contribution in [2.24, 2.45) is 0 Å². The van der Waals surface area contributed by atoms with Gasteiger partial charge in [-0.15, -0.1) is 11.6 Å². The summed E-state index contributed by atoms with van der Waals surface area (Å²) in [6.07, 6.45) is 0.569. The molecule has 0 radical (unpaired) electrons. The van der Waals surface area contributed by atoms with E-state index in [2.05, 4.69) is 0 Å². The van der Waals surface area contributed by atoms with Crippen LogP contribution in [0.15, 0.2) is 0 Å². The minimum atomic E-state index is -0.241. The highest BCUT2D eigenvalue weighted by molar-refractivity contribution is 6.17. The number of hydrogen-bond acceptors (Lipinski definition) is 2. The lowest BCUT2D eigenvalue weighted by molar-refractivity contribution is 0.163. The summed E-state index contributed by atoms with van der Waals surface area (Å²) in [4.78, 5) is 12.3. The summed E-state index contributed by atoms with van der Waals surface area (Å²) in [6, 6.07) is 0.185. The molecule has 1 aliphatic rings. The van der Waals surface area contributed by atoms with Gasteiger partial charge in [0.25, 0.3) is 0 Å². The number of halogens is 1. The van der Waals surface area contributed by atoms with Crippen LogP contribution in [0.25, 0.3) is 0 Å². The zero-order chi connectivity index (χ0) is 7.56. The van der Waals surface area contributed by atoms with E-state index in [0.717, 1.165) is 6.42 Å². The molecule has 0 aromatic rings. The zero-order valence-electron chi connectivity index (χ0n) is 5.84. The van der Waals surface area contributed by atoms with Crippen LogP contribution in [0.2, 0.25) is 0 Å². The van der Waals surface area contributed by atoms with Gasteiger partial charge in [-0.25, -0.2) is 4.79 Å². The molecule has 1 rings (SSSR count). The van der Waals surface area contributed by atoms with Crippen molar-refractivity contribution >= 4 is 17.7 Å². The number of carbonyl (C=O) groups is 1. The Labute approximate surface area is 64.9 Å². The van der Waals surface area contributed by atoms with E-state index < -0.39 is 0 Å². The topological polar surface area (TPSA) is 29.5 Å². The summed E-state index contributed by atoms with van der Waals surface area (Å²) in [7, 11) is 1.73. The smallest absolute Gasteiger partial charge is 0.409 e. The highest BCUT2D eigenvalue weighted by atomic mass is 35.5. The molecule has 1 amide bonds.